The number of nitrogen functional groups attached to an aromatic ring is 1. The van der Waals surface area contributed by atoms with Gasteiger partial charge in [-0.05, 0) is 18.6 Å². The molecule has 0 saturated carbocycles. The Morgan fingerprint density at radius 3 is 2.43 bits per heavy atom. The van der Waals surface area contributed by atoms with Gasteiger partial charge in [-0.1, -0.05) is 48.5 Å². The average Bonchev–Trinajstić information content (AvgIpc) is 2.71. The molecule has 0 radical (unpaired) electrons. The van der Waals surface area contributed by atoms with Crippen LogP contribution < -0.4 is 26.6 Å². The Kier molecular flexibility index (Phi) is 5.84. The molecule has 146 valence electrons. The summed E-state index contributed by atoms with van der Waals surface area (Å²) in [6.07, 6.45) is 0. The van der Waals surface area contributed by atoms with Gasteiger partial charge in [-0.15, -0.1) is 0 Å². The maximum atomic E-state index is 12.6. The monoisotopic (exact) mass is 380 g/mol. The molecule has 0 aliphatic heterocycles. The van der Waals surface area contributed by atoms with E-state index in [1.54, 1.807) is 7.11 Å². The Labute approximate surface area is 163 Å². The van der Waals surface area contributed by atoms with Crippen LogP contribution in [0.25, 0.3) is 0 Å². The summed E-state index contributed by atoms with van der Waals surface area (Å²) in [5.74, 6) is 0.878. The van der Waals surface area contributed by atoms with Crippen molar-refractivity contribution in [3.05, 3.63) is 86.6 Å². The van der Waals surface area contributed by atoms with Gasteiger partial charge < -0.3 is 15.4 Å². The SMILES string of the molecule is CCN(Cc1ccccc1OC)c1c(N)n(Cc2ccccc2)c(=O)[nH]c1=O. The van der Waals surface area contributed by atoms with E-state index in [0.29, 0.717) is 13.1 Å². The fraction of sp³-hybridized carbons (Fsp3) is 0.238. The van der Waals surface area contributed by atoms with Crippen LogP contribution in [0.2, 0.25) is 0 Å². The lowest BCUT2D eigenvalue weighted by atomic mass is 10.1. The first-order valence-electron chi connectivity index (χ1n) is 9.08. The highest BCUT2D eigenvalue weighted by Crippen LogP contribution is 2.24. The largest absolute Gasteiger partial charge is 0.496 e. The topological polar surface area (TPSA) is 93.3 Å². The number of ether oxygens (including phenoxy) is 1. The minimum Gasteiger partial charge on any atom is -0.496 e. The lowest BCUT2D eigenvalue weighted by Crippen LogP contribution is -2.38. The molecule has 7 heteroatoms. The molecule has 0 amide bonds. The number of nitrogens with zero attached hydrogens (tertiary/aromatic N) is 2. The van der Waals surface area contributed by atoms with Gasteiger partial charge in [0.2, 0.25) is 0 Å². The highest BCUT2D eigenvalue weighted by molar-refractivity contribution is 5.63. The molecule has 3 N–H and O–H groups in total. The van der Waals surface area contributed by atoms with E-state index in [4.69, 9.17) is 10.5 Å². The van der Waals surface area contributed by atoms with Crippen molar-refractivity contribution in [1.82, 2.24) is 9.55 Å². The molecule has 7 nitrogen and oxygen atoms in total. The Bertz CT molecular complexity index is 1060. The first-order chi connectivity index (χ1) is 13.5. The van der Waals surface area contributed by atoms with E-state index in [0.717, 1.165) is 16.9 Å². The number of nitrogens with two attached hydrogens (primary N) is 1. The van der Waals surface area contributed by atoms with E-state index in [2.05, 4.69) is 4.98 Å². The first-order valence-corrected chi connectivity index (χ1v) is 9.08. The maximum absolute atomic E-state index is 12.6. The van der Waals surface area contributed by atoms with E-state index < -0.39 is 11.2 Å². The molecule has 3 aromatic rings. The van der Waals surface area contributed by atoms with Crippen molar-refractivity contribution in [2.45, 2.75) is 20.0 Å². The van der Waals surface area contributed by atoms with Gasteiger partial charge in [0.25, 0.3) is 5.56 Å². The van der Waals surface area contributed by atoms with Crippen LogP contribution in [0.15, 0.2) is 64.2 Å². The molecule has 1 heterocycles. The predicted molar refractivity (Wildman–Crippen MR) is 111 cm³/mol. The number of H-pyrrole nitrogens is 1. The first kappa shape index (κ1) is 19.3. The lowest BCUT2D eigenvalue weighted by molar-refractivity contribution is 0.409. The van der Waals surface area contributed by atoms with Crippen LogP contribution in [0, 0.1) is 0 Å². The third kappa shape index (κ3) is 3.93. The minimum absolute atomic E-state index is 0.148. The maximum Gasteiger partial charge on any atom is 0.330 e. The quantitative estimate of drug-likeness (QED) is 0.655. The predicted octanol–water partition coefficient (Wildman–Crippen LogP) is 2.20. The van der Waals surface area contributed by atoms with Crippen molar-refractivity contribution >= 4 is 11.5 Å². The zero-order chi connectivity index (χ0) is 20.1. The molecular formula is C21H24N4O3. The number of anilines is 2. The molecular weight excluding hydrogens is 356 g/mol. The number of benzene rings is 2. The highest BCUT2D eigenvalue weighted by Gasteiger charge is 2.19. The van der Waals surface area contributed by atoms with Crippen molar-refractivity contribution in [1.29, 1.82) is 0 Å². The molecule has 0 atom stereocenters. The number of methoxy groups -OCH3 is 1. The molecule has 3 rings (SSSR count). The Balaban J connectivity index is 2.03. The second-order valence-corrected chi connectivity index (χ2v) is 6.39. The lowest BCUT2D eigenvalue weighted by Gasteiger charge is -2.25. The Morgan fingerprint density at radius 1 is 1.07 bits per heavy atom. The molecule has 0 bridgehead atoms. The van der Waals surface area contributed by atoms with Crippen molar-refractivity contribution in [2.75, 3.05) is 24.3 Å². The van der Waals surface area contributed by atoms with E-state index in [1.807, 2.05) is 66.4 Å². The van der Waals surface area contributed by atoms with E-state index in [-0.39, 0.29) is 18.1 Å². The fourth-order valence-corrected chi connectivity index (χ4v) is 3.19. The number of aromatic amines is 1. The molecule has 0 unspecified atom stereocenters. The van der Waals surface area contributed by atoms with Gasteiger partial charge in [-0.25, -0.2) is 4.79 Å². The molecule has 0 spiro atoms. The summed E-state index contributed by atoms with van der Waals surface area (Å²) >= 11 is 0. The van der Waals surface area contributed by atoms with Gasteiger partial charge in [0.1, 0.15) is 17.3 Å². The van der Waals surface area contributed by atoms with Crippen molar-refractivity contribution in [2.24, 2.45) is 0 Å². The molecule has 0 fully saturated rings. The number of hydrogen-bond acceptors (Lipinski definition) is 5. The van der Waals surface area contributed by atoms with Crippen LogP contribution in [-0.2, 0) is 13.1 Å². The standard InChI is InChI=1S/C21H24N4O3/c1-3-24(14-16-11-7-8-12-17(16)28-2)18-19(22)25(21(27)23-20(18)26)13-15-9-5-4-6-10-15/h4-12H,3,13-14,22H2,1-2H3,(H,23,26,27). The molecule has 2 aromatic carbocycles. The summed E-state index contributed by atoms with van der Waals surface area (Å²) in [5, 5.41) is 0. The Hall–Kier alpha value is -3.48. The summed E-state index contributed by atoms with van der Waals surface area (Å²) < 4.78 is 6.80. The number of nitrogens with one attached hydrogen (secondary N) is 1. The van der Waals surface area contributed by atoms with Gasteiger partial charge in [-0.2, -0.15) is 0 Å². The zero-order valence-electron chi connectivity index (χ0n) is 16.0. The second kappa shape index (κ2) is 8.47. The summed E-state index contributed by atoms with van der Waals surface area (Å²) in [4.78, 5) is 29.2. The van der Waals surface area contributed by atoms with Crippen molar-refractivity contribution in [3.8, 4) is 5.75 Å². The Morgan fingerprint density at radius 2 is 1.75 bits per heavy atom. The van der Waals surface area contributed by atoms with Gasteiger partial charge in [0.15, 0.2) is 0 Å². The van der Waals surface area contributed by atoms with Crippen LogP contribution in [0.3, 0.4) is 0 Å². The van der Waals surface area contributed by atoms with Crippen molar-refractivity contribution in [3.63, 3.8) is 0 Å². The molecule has 0 aliphatic carbocycles. The van der Waals surface area contributed by atoms with Gasteiger partial charge in [-0.3, -0.25) is 14.3 Å². The fourth-order valence-electron chi connectivity index (χ4n) is 3.19. The second-order valence-electron chi connectivity index (χ2n) is 6.39. The van der Waals surface area contributed by atoms with E-state index >= 15 is 0 Å². The molecule has 28 heavy (non-hydrogen) atoms. The molecule has 1 aromatic heterocycles. The van der Waals surface area contributed by atoms with Crippen LogP contribution in [0.5, 0.6) is 5.75 Å². The van der Waals surface area contributed by atoms with Crippen LogP contribution in [-0.4, -0.2) is 23.2 Å². The molecule has 0 aliphatic rings. The van der Waals surface area contributed by atoms with Crippen molar-refractivity contribution < 1.29 is 4.74 Å². The highest BCUT2D eigenvalue weighted by atomic mass is 16.5. The van der Waals surface area contributed by atoms with Gasteiger partial charge in [0, 0.05) is 18.7 Å². The minimum atomic E-state index is -0.525. The zero-order valence-corrected chi connectivity index (χ0v) is 16.0. The third-order valence-corrected chi connectivity index (χ3v) is 4.65. The molecule has 0 saturated heterocycles. The normalized spacial score (nSPS) is 10.6. The van der Waals surface area contributed by atoms with Gasteiger partial charge >= 0.3 is 5.69 Å². The van der Waals surface area contributed by atoms with Crippen LogP contribution in [0.4, 0.5) is 11.5 Å². The van der Waals surface area contributed by atoms with Gasteiger partial charge in [0.05, 0.1) is 13.7 Å². The van der Waals surface area contributed by atoms with Crippen LogP contribution in [0.1, 0.15) is 18.1 Å². The van der Waals surface area contributed by atoms with E-state index in [1.165, 1.54) is 4.57 Å². The summed E-state index contributed by atoms with van der Waals surface area (Å²) in [5.41, 5.74) is 7.40. The number of rotatable bonds is 7. The number of hydrogen-bond donors (Lipinski definition) is 2. The third-order valence-electron chi connectivity index (χ3n) is 4.65. The van der Waals surface area contributed by atoms with Crippen LogP contribution >= 0.6 is 0 Å². The summed E-state index contributed by atoms with van der Waals surface area (Å²) in [7, 11) is 1.61. The van der Waals surface area contributed by atoms with E-state index in [9.17, 15) is 9.59 Å². The number of aromatic nitrogens is 2. The number of para-hydroxylation sites is 1. The summed E-state index contributed by atoms with van der Waals surface area (Å²) in [6.45, 7) is 3.18. The smallest absolute Gasteiger partial charge is 0.330 e. The summed E-state index contributed by atoms with van der Waals surface area (Å²) in [6, 6.07) is 17.1. The average molecular weight is 380 g/mol.